The summed E-state index contributed by atoms with van der Waals surface area (Å²) < 4.78 is 27.0. The Hall–Kier alpha value is -2.22. The van der Waals surface area contributed by atoms with Crippen LogP contribution < -0.4 is 4.90 Å². The first-order chi connectivity index (χ1) is 13.9. The molecule has 154 valence electrons. The Balaban J connectivity index is 1.34. The summed E-state index contributed by atoms with van der Waals surface area (Å²) in [5.74, 6) is 0.109. The monoisotopic (exact) mass is 413 g/mol. The molecule has 1 amide bonds. The van der Waals surface area contributed by atoms with Crippen molar-refractivity contribution in [2.75, 3.05) is 37.6 Å². The molecule has 0 N–H and O–H groups in total. The van der Waals surface area contributed by atoms with Gasteiger partial charge in [-0.2, -0.15) is 4.31 Å². The van der Waals surface area contributed by atoms with E-state index in [1.807, 2.05) is 53.4 Å². The van der Waals surface area contributed by atoms with E-state index in [1.54, 1.807) is 4.31 Å². The predicted octanol–water partition coefficient (Wildman–Crippen LogP) is 2.11. The number of carbonyl (C=O) groups excluding carboxylic acids is 1. The molecule has 1 unspecified atom stereocenters. The smallest absolute Gasteiger partial charge is 0.241 e. The van der Waals surface area contributed by atoms with E-state index in [1.165, 1.54) is 5.56 Å². The van der Waals surface area contributed by atoms with Crippen molar-refractivity contribution in [3.63, 3.8) is 0 Å². The standard InChI is InChI=1S/C22H27N3O3S/c1-18-15-20-9-5-6-10-21(20)25(18)22(26)16-23-11-13-24(14-12-23)29(27,28)17-19-7-3-2-4-8-19/h2-10,18H,11-17H2,1H3. The molecule has 2 heterocycles. The average molecular weight is 414 g/mol. The number of hydrogen-bond acceptors (Lipinski definition) is 4. The van der Waals surface area contributed by atoms with Gasteiger partial charge in [0.05, 0.1) is 12.3 Å². The van der Waals surface area contributed by atoms with Gasteiger partial charge in [0.1, 0.15) is 0 Å². The molecule has 0 bridgehead atoms. The molecule has 2 aliphatic rings. The third-order valence-electron chi connectivity index (χ3n) is 5.75. The molecule has 1 atom stereocenters. The molecule has 2 aromatic carbocycles. The molecular weight excluding hydrogens is 386 g/mol. The van der Waals surface area contributed by atoms with Crippen molar-refractivity contribution in [2.24, 2.45) is 0 Å². The van der Waals surface area contributed by atoms with Gasteiger partial charge in [0.15, 0.2) is 0 Å². The third kappa shape index (κ3) is 4.37. The van der Waals surface area contributed by atoms with Crippen LogP contribution in [0.25, 0.3) is 0 Å². The average Bonchev–Trinajstić information content (AvgIpc) is 3.04. The number of rotatable bonds is 5. The Morgan fingerprint density at radius 1 is 0.966 bits per heavy atom. The number of sulfonamides is 1. The zero-order valence-electron chi connectivity index (χ0n) is 16.7. The molecule has 4 rings (SSSR count). The van der Waals surface area contributed by atoms with Crippen LogP contribution in [0.1, 0.15) is 18.1 Å². The maximum absolute atomic E-state index is 13.0. The maximum atomic E-state index is 13.0. The maximum Gasteiger partial charge on any atom is 0.241 e. The molecule has 0 aliphatic carbocycles. The summed E-state index contributed by atoms with van der Waals surface area (Å²) in [6.45, 7) is 4.40. The molecule has 29 heavy (non-hydrogen) atoms. The highest BCUT2D eigenvalue weighted by molar-refractivity contribution is 7.88. The molecule has 1 saturated heterocycles. The number of carbonyl (C=O) groups is 1. The second kappa shape index (κ2) is 8.26. The predicted molar refractivity (Wildman–Crippen MR) is 114 cm³/mol. The molecule has 0 radical (unpaired) electrons. The normalized spacial score (nSPS) is 20.6. The van der Waals surface area contributed by atoms with E-state index < -0.39 is 10.0 Å². The first-order valence-electron chi connectivity index (χ1n) is 10.1. The molecule has 1 fully saturated rings. The van der Waals surface area contributed by atoms with Crippen molar-refractivity contribution in [3.8, 4) is 0 Å². The van der Waals surface area contributed by atoms with Crippen LogP contribution >= 0.6 is 0 Å². The number of hydrogen-bond donors (Lipinski definition) is 0. The fourth-order valence-corrected chi connectivity index (χ4v) is 5.77. The first kappa shape index (κ1) is 20.1. The minimum absolute atomic E-state index is 0.0227. The Kier molecular flexibility index (Phi) is 5.72. The Morgan fingerprint density at radius 2 is 1.62 bits per heavy atom. The van der Waals surface area contributed by atoms with Gasteiger partial charge in [0.2, 0.25) is 15.9 Å². The number of nitrogens with zero attached hydrogens (tertiary/aromatic N) is 3. The van der Waals surface area contributed by atoms with Gasteiger partial charge in [-0.25, -0.2) is 8.42 Å². The van der Waals surface area contributed by atoms with Gasteiger partial charge in [0.25, 0.3) is 0 Å². The van der Waals surface area contributed by atoms with Gasteiger partial charge in [-0.05, 0) is 30.5 Å². The van der Waals surface area contributed by atoms with Crippen LogP contribution in [0, 0.1) is 0 Å². The topological polar surface area (TPSA) is 60.9 Å². The SMILES string of the molecule is CC1Cc2ccccc2N1C(=O)CN1CCN(S(=O)(=O)Cc2ccccc2)CC1. The largest absolute Gasteiger partial charge is 0.308 e. The fraction of sp³-hybridized carbons (Fsp3) is 0.409. The third-order valence-corrected chi connectivity index (χ3v) is 7.60. The summed E-state index contributed by atoms with van der Waals surface area (Å²) >= 11 is 0. The van der Waals surface area contributed by atoms with Gasteiger partial charge < -0.3 is 4.90 Å². The molecule has 2 aliphatic heterocycles. The number of para-hydroxylation sites is 1. The van der Waals surface area contributed by atoms with Crippen LogP contribution in [0.5, 0.6) is 0 Å². The minimum Gasteiger partial charge on any atom is -0.308 e. The molecule has 0 saturated carbocycles. The lowest BCUT2D eigenvalue weighted by atomic mass is 10.1. The lowest BCUT2D eigenvalue weighted by Crippen LogP contribution is -2.52. The summed E-state index contributed by atoms with van der Waals surface area (Å²) in [5.41, 5.74) is 3.02. The van der Waals surface area contributed by atoms with Crippen LogP contribution in [0.2, 0.25) is 0 Å². The van der Waals surface area contributed by atoms with Gasteiger partial charge >= 0.3 is 0 Å². The van der Waals surface area contributed by atoms with Crippen LogP contribution in [0.15, 0.2) is 54.6 Å². The number of benzene rings is 2. The number of amides is 1. The fourth-order valence-electron chi connectivity index (χ4n) is 4.26. The highest BCUT2D eigenvalue weighted by Crippen LogP contribution is 2.31. The van der Waals surface area contributed by atoms with E-state index in [2.05, 4.69) is 17.9 Å². The van der Waals surface area contributed by atoms with Crippen LogP contribution in [-0.2, 0) is 27.0 Å². The van der Waals surface area contributed by atoms with Crippen molar-refractivity contribution in [1.82, 2.24) is 9.21 Å². The Morgan fingerprint density at radius 3 is 2.34 bits per heavy atom. The summed E-state index contributed by atoms with van der Waals surface area (Å²) in [4.78, 5) is 16.9. The van der Waals surface area contributed by atoms with Crippen molar-refractivity contribution < 1.29 is 13.2 Å². The number of fused-ring (bicyclic) bond motifs is 1. The number of anilines is 1. The zero-order chi connectivity index (χ0) is 20.4. The van der Waals surface area contributed by atoms with Crippen LogP contribution in [0.4, 0.5) is 5.69 Å². The molecular formula is C22H27N3O3S. The van der Waals surface area contributed by atoms with Crippen molar-refractivity contribution in [3.05, 3.63) is 65.7 Å². The van der Waals surface area contributed by atoms with Crippen molar-refractivity contribution in [1.29, 1.82) is 0 Å². The van der Waals surface area contributed by atoms with Gasteiger partial charge in [-0.3, -0.25) is 9.69 Å². The van der Waals surface area contributed by atoms with Crippen molar-refractivity contribution in [2.45, 2.75) is 25.1 Å². The molecule has 7 heteroatoms. The van der Waals surface area contributed by atoms with Crippen molar-refractivity contribution >= 4 is 21.6 Å². The zero-order valence-corrected chi connectivity index (χ0v) is 17.5. The Bertz CT molecular complexity index is 970. The molecule has 0 spiro atoms. The van der Waals surface area contributed by atoms with E-state index >= 15 is 0 Å². The van der Waals surface area contributed by atoms with E-state index in [-0.39, 0.29) is 17.7 Å². The highest BCUT2D eigenvalue weighted by atomic mass is 32.2. The van der Waals surface area contributed by atoms with E-state index in [0.717, 1.165) is 17.7 Å². The lowest BCUT2D eigenvalue weighted by molar-refractivity contribution is -0.120. The Labute approximate surface area is 172 Å². The minimum atomic E-state index is -3.34. The summed E-state index contributed by atoms with van der Waals surface area (Å²) in [6, 6.07) is 17.5. The van der Waals surface area contributed by atoms with Gasteiger partial charge in [-0.1, -0.05) is 48.5 Å². The van der Waals surface area contributed by atoms with Gasteiger partial charge in [-0.15, -0.1) is 0 Å². The summed E-state index contributed by atoms with van der Waals surface area (Å²) in [7, 11) is -3.34. The van der Waals surface area contributed by atoms with E-state index in [0.29, 0.717) is 32.7 Å². The van der Waals surface area contributed by atoms with E-state index in [4.69, 9.17) is 0 Å². The second-order valence-corrected chi connectivity index (χ2v) is 9.83. The summed E-state index contributed by atoms with van der Waals surface area (Å²) in [6.07, 6.45) is 0.882. The molecule has 6 nitrogen and oxygen atoms in total. The molecule has 2 aromatic rings. The van der Waals surface area contributed by atoms with Gasteiger partial charge in [0, 0.05) is 37.9 Å². The first-order valence-corrected chi connectivity index (χ1v) is 11.7. The quantitative estimate of drug-likeness (QED) is 0.753. The van der Waals surface area contributed by atoms with E-state index in [9.17, 15) is 13.2 Å². The molecule has 0 aromatic heterocycles. The van der Waals surface area contributed by atoms with Crippen LogP contribution in [0.3, 0.4) is 0 Å². The van der Waals surface area contributed by atoms with Crippen LogP contribution in [-0.4, -0.2) is 62.3 Å². The number of piperazine rings is 1. The lowest BCUT2D eigenvalue weighted by Gasteiger charge is -2.35. The highest BCUT2D eigenvalue weighted by Gasteiger charge is 2.33. The summed E-state index contributed by atoms with van der Waals surface area (Å²) in [5, 5.41) is 0. The second-order valence-electron chi connectivity index (χ2n) is 7.86.